The third kappa shape index (κ3) is 3.04. The molecule has 1 saturated heterocycles. The van der Waals surface area contributed by atoms with Gasteiger partial charge < -0.3 is 14.6 Å². The smallest absolute Gasteiger partial charge is 0.240 e. The first kappa shape index (κ1) is 12.5. The minimum atomic E-state index is -0.358. The van der Waals surface area contributed by atoms with E-state index in [2.05, 4.69) is 36.2 Å². The maximum Gasteiger partial charge on any atom is 0.240 e. The van der Waals surface area contributed by atoms with E-state index in [4.69, 9.17) is 9.26 Å². The van der Waals surface area contributed by atoms with E-state index >= 15 is 0 Å². The zero-order valence-electron chi connectivity index (χ0n) is 11.0. The maximum absolute atomic E-state index is 5.68. The highest BCUT2D eigenvalue weighted by molar-refractivity contribution is 5.01. The van der Waals surface area contributed by atoms with Gasteiger partial charge in [-0.15, -0.1) is 0 Å². The zero-order valence-corrected chi connectivity index (χ0v) is 11.0. The second-order valence-corrected chi connectivity index (χ2v) is 5.80. The molecule has 1 atom stereocenters. The molecule has 1 N–H and O–H groups in total. The van der Waals surface area contributed by atoms with E-state index in [1.165, 1.54) is 0 Å². The number of nitrogens with one attached hydrogen (secondary N) is 1. The average molecular weight is 239 g/mol. The molecule has 0 radical (unpaired) electrons. The highest BCUT2D eigenvalue weighted by atomic mass is 16.5. The fraction of sp³-hybridized carbons (Fsp3) is 0.833. The van der Waals surface area contributed by atoms with E-state index in [9.17, 15) is 0 Å². The SMILES string of the molecule is CC(C)(C)NCc1nc(C2(C)CCCO2)no1. The van der Waals surface area contributed by atoms with Crippen LogP contribution in [-0.4, -0.2) is 22.3 Å². The van der Waals surface area contributed by atoms with Gasteiger partial charge >= 0.3 is 0 Å². The molecule has 96 valence electrons. The van der Waals surface area contributed by atoms with Gasteiger partial charge in [-0.2, -0.15) is 4.98 Å². The highest BCUT2D eigenvalue weighted by Crippen LogP contribution is 2.33. The van der Waals surface area contributed by atoms with Crippen LogP contribution in [0.2, 0.25) is 0 Å². The topological polar surface area (TPSA) is 60.2 Å². The van der Waals surface area contributed by atoms with Crippen molar-refractivity contribution >= 4 is 0 Å². The molecule has 1 unspecified atom stereocenters. The Balaban J connectivity index is 2.01. The summed E-state index contributed by atoms with van der Waals surface area (Å²) in [5, 5.41) is 7.34. The fourth-order valence-corrected chi connectivity index (χ4v) is 1.84. The van der Waals surface area contributed by atoms with Crippen LogP contribution in [0.4, 0.5) is 0 Å². The fourth-order valence-electron chi connectivity index (χ4n) is 1.84. The van der Waals surface area contributed by atoms with Crippen LogP contribution in [0.25, 0.3) is 0 Å². The van der Waals surface area contributed by atoms with Crippen LogP contribution in [-0.2, 0) is 16.9 Å². The summed E-state index contributed by atoms with van der Waals surface area (Å²) in [7, 11) is 0. The van der Waals surface area contributed by atoms with E-state index in [0.29, 0.717) is 18.3 Å². The Labute approximate surface area is 102 Å². The molecule has 5 heteroatoms. The minimum Gasteiger partial charge on any atom is -0.367 e. The molecule has 0 bridgehead atoms. The van der Waals surface area contributed by atoms with Crippen molar-refractivity contribution in [1.29, 1.82) is 0 Å². The molecule has 0 saturated carbocycles. The van der Waals surface area contributed by atoms with Crippen molar-refractivity contribution in [2.45, 2.75) is 58.2 Å². The highest BCUT2D eigenvalue weighted by Gasteiger charge is 2.36. The van der Waals surface area contributed by atoms with Gasteiger partial charge in [0.15, 0.2) is 0 Å². The van der Waals surface area contributed by atoms with Crippen LogP contribution >= 0.6 is 0 Å². The summed E-state index contributed by atoms with van der Waals surface area (Å²) < 4.78 is 10.9. The molecule has 5 nitrogen and oxygen atoms in total. The van der Waals surface area contributed by atoms with E-state index in [1.807, 2.05) is 6.92 Å². The number of hydrogen-bond acceptors (Lipinski definition) is 5. The second-order valence-electron chi connectivity index (χ2n) is 5.80. The van der Waals surface area contributed by atoms with Crippen molar-refractivity contribution < 1.29 is 9.26 Å². The van der Waals surface area contributed by atoms with Crippen LogP contribution in [0.5, 0.6) is 0 Å². The van der Waals surface area contributed by atoms with Crippen LogP contribution in [0.15, 0.2) is 4.52 Å². The summed E-state index contributed by atoms with van der Waals surface area (Å²) >= 11 is 0. The van der Waals surface area contributed by atoms with Gasteiger partial charge in [0.25, 0.3) is 0 Å². The molecule has 0 aliphatic carbocycles. The summed E-state index contributed by atoms with van der Waals surface area (Å²) in [4.78, 5) is 4.40. The molecule has 2 heterocycles. The summed E-state index contributed by atoms with van der Waals surface area (Å²) in [6.45, 7) is 9.70. The van der Waals surface area contributed by atoms with Gasteiger partial charge in [0.1, 0.15) is 5.60 Å². The number of rotatable bonds is 3. The molecule has 17 heavy (non-hydrogen) atoms. The molecule has 2 rings (SSSR count). The van der Waals surface area contributed by atoms with E-state index < -0.39 is 0 Å². The number of aromatic nitrogens is 2. The Kier molecular flexibility index (Phi) is 3.23. The Hall–Kier alpha value is -0.940. The minimum absolute atomic E-state index is 0.0440. The monoisotopic (exact) mass is 239 g/mol. The third-order valence-electron chi connectivity index (χ3n) is 2.93. The van der Waals surface area contributed by atoms with E-state index in [1.54, 1.807) is 0 Å². The second kappa shape index (κ2) is 4.38. The molecule has 1 fully saturated rings. The van der Waals surface area contributed by atoms with Gasteiger partial charge in [0, 0.05) is 12.1 Å². The van der Waals surface area contributed by atoms with Gasteiger partial charge in [-0.25, -0.2) is 0 Å². The summed E-state index contributed by atoms with van der Waals surface area (Å²) in [5.74, 6) is 1.28. The van der Waals surface area contributed by atoms with Crippen molar-refractivity contribution in [3.8, 4) is 0 Å². The predicted octanol–water partition coefficient (Wildman–Crippen LogP) is 1.98. The van der Waals surface area contributed by atoms with E-state index in [0.717, 1.165) is 19.4 Å². The maximum atomic E-state index is 5.68. The normalized spacial score (nSPS) is 25.4. The Bertz CT molecular complexity index is 375. The molecular weight excluding hydrogens is 218 g/mol. The van der Waals surface area contributed by atoms with Gasteiger partial charge in [-0.3, -0.25) is 0 Å². The molecule has 0 spiro atoms. The quantitative estimate of drug-likeness (QED) is 0.874. The first-order valence-corrected chi connectivity index (χ1v) is 6.11. The third-order valence-corrected chi connectivity index (χ3v) is 2.93. The number of hydrogen-bond donors (Lipinski definition) is 1. The Morgan fingerprint density at radius 1 is 1.41 bits per heavy atom. The summed E-state index contributed by atoms with van der Waals surface area (Å²) in [6.07, 6.45) is 2.01. The standard InChI is InChI=1S/C12H21N3O2/c1-11(2,3)13-8-9-14-10(15-17-9)12(4)6-5-7-16-12/h13H,5-8H2,1-4H3. The number of ether oxygens (including phenoxy) is 1. The summed E-state index contributed by atoms with van der Waals surface area (Å²) in [6, 6.07) is 0. The lowest BCUT2D eigenvalue weighted by atomic mass is 10.0. The Morgan fingerprint density at radius 2 is 2.18 bits per heavy atom. The van der Waals surface area contributed by atoms with Crippen molar-refractivity contribution in [2.75, 3.05) is 6.61 Å². The summed E-state index contributed by atoms with van der Waals surface area (Å²) in [5.41, 5.74) is -0.314. The van der Waals surface area contributed by atoms with Crippen molar-refractivity contribution in [3.05, 3.63) is 11.7 Å². The first-order valence-electron chi connectivity index (χ1n) is 6.11. The molecule has 0 amide bonds. The average Bonchev–Trinajstić information content (AvgIpc) is 2.83. The van der Waals surface area contributed by atoms with Gasteiger partial charge in [0.2, 0.25) is 11.7 Å². The van der Waals surface area contributed by atoms with Crippen LogP contribution < -0.4 is 5.32 Å². The number of nitrogens with zero attached hydrogens (tertiary/aromatic N) is 2. The molecule has 0 aromatic carbocycles. The van der Waals surface area contributed by atoms with Gasteiger partial charge in [-0.1, -0.05) is 5.16 Å². The molecule has 1 aromatic heterocycles. The first-order chi connectivity index (χ1) is 7.89. The van der Waals surface area contributed by atoms with Gasteiger partial charge in [0.05, 0.1) is 6.54 Å². The molecule has 1 aromatic rings. The lowest BCUT2D eigenvalue weighted by molar-refractivity contribution is 0.00768. The van der Waals surface area contributed by atoms with E-state index in [-0.39, 0.29) is 11.1 Å². The van der Waals surface area contributed by atoms with Crippen molar-refractivity contribution in [3.63, 3.8) is 0 Å². The Morgan fingerprint density at radius 3 is 2.76 bits per heavy atom. The lowest BCUT2D eigenvalue weighted by Gasteiger charge is -2.19. The van der Waals surface area contributed by atoms with Crippen molar-refractivity contribution in [1.82, 2.24) is 15.5 Å². The largest absolute Gasteiger partial charge is 0.367 e. The van der Waals surface area contributed by atoms with Crippen LogP contribution in [0.3, 0.4) is 0 Å². The zero-order chi connectivity index (χ0) is 12.5. The van der Waals surface area contributed by atoms with Gasteiger partial charge in [-0.05, 0) is 40.5 Å². The molecular formula is C12H21N3O2. The predicted molar refractivity (Wildman–Crippen MR) is 63.4 cm³/mol. The van der Waals surface area contributed by atoms with Crippen molar-refractivity contribution in [2.24, 2.45) is 0 Å². The lowest BCUT2D eigenvalue weighted by Crippen LogP contribution is -2.35. The van der Waals surface area contributed by atoms with Crippen LogP contribution in [0.1, 0.15) is 52.3 Å². The molecule has 1 aliphatic rings. The molecule has 1 aliphatic heterocycles. The van der Waals surface area contributed by atoms with Crippen LogP contribution in [0, 0.1) is 0 Å².